The first-order valence-corrected chi connectivity index (χ1v) is 24.1. The van der Waals surface area contributed by atoms with Crippen molar-refractivity contribution in [2.45, 2.75) is 91.1 Å². The van der Waals surface area contributed by atoms with Gasteiger partial charge in [0.25, 0.3) is 0 Å². The van der Waals surface area contributed by atoms with Crippen molar-refractivity contribution in [3.8, 4) is 46.3 Å². The number of hydrogen-bond donors (Lipinski definition) is 0. The lowest BCUT2D eigenvalue weighted by Crippen LogP contribution is -2.47. The van der Waals surface area contributed by atoms with Gasteiger partial charge < -0.3 is 28.4 Å². The van der Waals surface area contributed by atoms with Crippen LogP contribution in [0.5, 0.6) is 23.0 Å². The van der Waals surface area contributed by atoms with E-state index in [9.17, 15) is 20.1 Å². The van der Waals surface area contributed by atoms with Crippen LogP contribution in [0.1, 0.15) is 82.3 Å². The summed E-state index contributed by atoms with van der Waals surface area (Å²) in [6, 6.07) is 27.0. The summed E-state index contributed by atoms with van der Waals surface area (Å²) in [7, 11) is 3.74. The number of nitriles is 2. The third-order valence-electron chi connectivity index (χ3n) is 13.8. The lowest BCUT2D eigenvalue weighted by Gasteiger charge is -2.32. The molecular formula is C56H54Cl2N6O8. The molecule has 0 radical (unpaired) electrons. The first kappa shape index (κ1) is 51.2. The summed E-state index contributed by atoms with van der Waals surface area (Å²) < 4.78 is 36.3. The average Bonchev–Trinajstić information content (AvgIpc) is 3.92. The van der Waals surface area contributed by atoms with Gasteiger partial charge in [-0.15, -0.1) is 0 Å². The van der Waals surface area contributed by atoms with Gasteiger partial charge in [0.2, 0.25) is 0 Å². The number of halogens is 2. The summed E-state index contributed by atoms with van der Waals surface area (Å²) in [6.45, 7) is 9.92. The van der Waals surface area contributed by atoms with Crippen molar-refractivity contribution in [3.63, 3.8) is 0 Å². The molecule has 0 amide bonds. The highest BCUT2D eigenvalue weighted by atomic mass is 35.5. The van der Waals surface area contributed by atoms with Crippen LogP contribution in [0.15, 0.2) is 97.6 Å². The van der Waals surface area contributed by atoms with Crippen molar-refractivity contribution in [1.29, 1.82) is 10.5 Å². The van der Waals surface area contributed by atoms with Gasteiger partial charge >= 0.3 is 11.9 Å². The van der Waals surface area contributed by atoms with Crippen LogP contribution in [0.2, 0.25) is 10.0 Å². The first-order chi connectivity index (χ1) is 34.6. The third-order valence-corrected chi connectivity index (χ3v) is 14.4. The maximum atomic E-state index is 12.7. The fraction of sp³-hybridized carbons (Fsp3) is 0.321. The van der Waals surface area contributed by atoms with Crippen LogP contribution in [0.25, 0.3) is 11.1 Å². The van der Waals surface area contributed by atoms with Gasteiger partial charge in [0.15, 0.2) is 0 Å². The fourth-order valence-corrected chi connectivity index (χ4v) is 9.28. The Morgan fingerprint density at radius 3 is 1.36 bits per heavy atom. The lowest BCUT2D eigenvalue weighted by molar-refractivity contribution is -0.147. The molecule has 72 heavy (non-hydrogen) atoms. The lowest BCUT2D eigenvalue weighted by atomic mass is 9.92. The van der Waals surface area contributed by atoms with E-state index in [0.717, 1.165) is 44.5 Å². The van der Waals surface area contributed by atoms with E-state index in [1.54, 1.807) is 48.8 Å². The first-order valence-electron chi connectivity index (χ1n) is 23.4. The van der Waals surface area contributed by atoms with Gasteiger partial charge in [-0.05, 0) is 99.4 Å². The van der Waals surface area contributed by atoms with Crippen LogP contribution in [-0.4, -0.2) is 70.1 Å². The molecule has 0 saturated carbocycles. The smallest absolute Gasteiger partial charge is 0.326 e. The number of ether oxygens (including phenoxy) is 6. The summed E-state index contributed by atoms with van der Waals surface area (Å²) in [5, 5.41) is 19.6. The molecule has 6 aromatic rings. The highest BCUT2D eigenvalue weighted by molar-refractivity contribution is 6.32. The van der Waals surface area contributed by atoms with Crippen molar-refractivity contribution in [1.82, 2.24) is 19.8 Å². The number of cyclic esters (lactones) is 2. The van der Waals surface area contributed by atoms with Crippen molar-refractivity contribution in [3.05, 3.63) is 163 Å². The average molecular weight is 1010 g/mol. The number of hydrogen-bond acceptors (Lipinski definition) is 14. The zero-order valence-corrected chi connectivity index (χ0v) is 42.5. The van der Waals surface area contributed by atoms with E-state index in [-0.39, 0.29) is 38.4 Å². The van der Waals surface area contributed by atoms with Crippen LogP contribution < -0.4 is 18.9 Å². The van der Waals surface area contributed by atoms with Gasteiger partial charge in [-0.3, -0.25) is 29.4 Å². The van der Waals surface area contributed by atoms with Crippen LogP contribution in [-0.2, 0) is 58.6 Å². The molecule has 16 heteroatoms. The Labute approximate surface area is 429 Å². The summed E-state index contributed by atoms with van der Waals surface area (Å²) >= 11 is 13.9. The number of likely N-dealkylation sites (N-methyl/N-ethyl adjacent to an activating group) is 2. The zero-order valence-electron chi connectivity index (χ0n) is 41.0. The predicted molar refractivity (Wildman–Crippen MR) is 270 cm³/mol. The number of esters is 2. The van der Waals surface area contributed by atoms with Gasteiger partial charge in [0.1, 0.15) is 72.6 Å². The van der Waals surface area contributed by atoms with Crippen LogP contribution in [0.4, 0.5) is 0 Å². The van der Waals surface area contributed by atoms with Gasteiger partial charge in [-0.1, -0.05) is 59.6 Å². The molecule has 0 aliphatic carbocycles. The number of aromatic nitrogens is 2. The Bertz CT molecular complexity index is 2910. The van der Waals surface area contributed by atoms with Crippen molar-refractivity contribution in [2.24, 2.45) is 0 Å². The largest absolute Gasteiger partial charge is 0.488 e. The third kappa shape index (κ3) is 11.1. The molecule has 0 spiro atoms. The molecule has 4 heterocycles. The van der Waals surface area contributed by atoms with Gasteiger partial charge in [-0.2, -0.15) is 10.5 Å². The number of pyridine rings is 2. The zero-order chi connectivity index (χ0) is 51.2. The van der Waals surface area contributed by atoms with Crippen molar-refractivity contribution < 1.29 is 38.0 Å². The number of carbonyl (C=O) groups excluding carboxylic acids is 2. The fourth-order valence-electron chi connectivity index (χ4n) is 8.79. The topological polar surface area (TPSA) is 169 Å². The molecule has 0 N–H and O–H groups in total. The Morgan fingerprint density at radius 2 is 0.986 bits per heavy atom. The highest BCUT2D eigenvalue weighted by Crippen LogP contribution is 2.40. The number of rotatable bonds is 19. The van der Waals surface area contributed by atoms with E-state index in [1.165, 1.54) is 12.4 Å². The maximum Gasteiger partial charge on any atom is 0.326 e. The van der Waals surface area contributed by atoms with Crippen LogP contribution >= 0.6 is 23.2 Å². The minimum absolute atomic E-state index is 0.134. The Kier molecular flexibility index (Phi) is 15.7. The maximum absolute atomic E-state index is 12.7. The van der Waals surface area contributed by atoms with Crippen LogP contribution in [0, 0.1) is 36.5 Å². The second-order valence-electron chi connectivity index (χ2n) is 18.5. The minimum atomic E-state index is -0.809. The molecule has 2 unspecified atom stereocenters. The van der Waals surface area contributed by atoms with E-state index in [1.807, 2.05) is 62.0 Å². The van der Waals surface area contributed by atoms with E-state index in [4.69, 9.17) is 51.6 Å². The Hall–Kier alpha value is -7.20. The quantitative estimate of drug-likeness (QED) is 0.0703. The van der Waals surface area contributed by atoms with E-state index in [2.05, 4.69) is 48.1 Å². The molecule has 2 atom stereocenters. The molecule has 2 saturated heterocycles. The molecule has 8 rings (SSSR count). The van der Waals surface area contributed by atoms with E-state index >= 15 is 0 Å². The molecule has 2 aliphatic rings. The second kappa shape index (κ2) is 22.1. The van der Waals surface area contributed by atoms with Crippen LogP contribution in [0.3, 0.4) is 0 Å². The Morgan fingerprint density at radius 1 is 0.583 bits per heavy atom. The molecular weight excluding hydrogens is 956 g/mol. The Balaban J connectivity index is 1.01. The summed E-state index contributed by atoms with van der Waals surface area (Å²) in [4.78, 5) is 37.7. The molecule has 2 aromatic heterocycles. The number of carbonyl (C=O) groups is 2. The summed E-state index contributed by atoms with van der Waals surface area (Å²) in [5.74, 6) is 1.29. The van der Waals surface area contributed by atoms with E-state index < -0.39 is 11.1 Å². The summed E-state index contributed by atoms with van der Waals surface area (Å²) in [5.41, 5.74) is 8.12. The van der Waals surface area contributed by atoms with Gasteiger partial charge in [-0.25, -0.2) is 0 Å². The molecule has 0 bridgehead atoms. The molecule has 2 fully saturated rings. The number of nitrogens with zero attached hydrogens (tertiary/aromatic N) is 6. The standard InChI is InChI=1S/C56H54Cl2N6O8/c1-35-41(33-71-51-21-49(69-31-39-17-37(23-59)25-61-27-39)43(19-47(51)57)29-63(5)55(3)13-15-67-53(55)65)9-7-11-45(35)46-12-8-10-42(36(46)2)34-72-52-22-50(70-32-40-18-38(24-60)26-62-28-40)44(20-48(52)58)30-64(6)56(4)14-16-68-54(56)66/h7-12,17-22,25-28H,13-16,29-34H2,1-6H3. The highest BCUT2D eigenvalue weighted by Gasteiger charge is 2.45. The summed E-state index contributed by atoms with van der Waals surface area (Å²) in [6.07, 6.45) is 7.40. The second-order valence-corrected chi connectivity index (χ2v) is 19.3. The van der Waals surface area contributed by atoms with Gasteiger partial charge in [0, 0.05) is 85.1 Å². The van der Waals surface area contributed by atoms with Crippen molar-refractivity contribution >= 4 is 35.1 Å². The molecule has 4 aromatic carbocycles. The molecule has 2 aliphatic heterocycles. The van der Waals surface area contributed by atoms with E-state index in [0.29, 0.717) is 94.4 Å². The van der Waals surface area contributed by atoms with Gasteiger partial charge in [0.05, 0.1) is 34.4 Å². The minimum Gasteiger partial charge on any atom is -0.488 e. The normalized spacial score (nSPS) is 17.3. The van der Waals surface area contributed by atoms with Crippen molar-refractivity contribution in [2.75, 3.05) is 27.3 Å². The SMILES string of the molecule is Cc1c(COc2cc(OCc3cncc(C#N)c3)c(CN(C)C3(C)CCOC3=O)cc2Cl)cccc1-c1cccc(COc2cc(OCc3cncc(C#N)c3)c(CN(C)C3(C)CCOC3=O)cc2Cl)c1C. The number of benzene rings is 4. The monoisotopic (exact) mass is 1010 g/mol. The molecule has 14 nitrogen and oxygen atoms in total. The molecule has 370 valence electrons. The predicted octanol–water partition coefficient (Wildman–Crippen LogP) is 10.4.